The van der Waals surface area contributed by atoms with Crippen LogP contribution in [0.5, 0.6) is 0 Å². The largest absolute Gasteiger partial charge is 0.416 e. The van der Waals surface area contributed by atoms with Gasteiger partial charge in [-0.25, -0.2) is 4.98 Å². The molecule has 0 radical (unpaired) electrons. The van der Waals surface area contributed by atoms with Gasteiger partial charge >= 0.3 is 6.18 Å². The molecule has 6 nitrogen and oxygen atoms in total. The van der Waals surface area contributed by atoms with E-state index in [-0.39, 0.29) is 11.9 Å². The molecule has 200 valence electrons. The monoisotopic (exact) mass is 541 g/mol. The van der Waals surface area contributed by atoms with E-state index < -0.39 is 11.7 Å². The molecule has 10 heteroatoms. The zero-order chi connectivity index (χ0) is 26.5. The summed E-state index contributed by atoms with van der Waals surface area (Å²) in [7, 11) is 0. The van der Waals surface area contributed by atoms with Crippen molar-refractivity contribution in [3.05, 3.63) is 77.4 Å². The summed E-state index contributed by atoms with van der Waals surface area (Å²) in [5, 5.41) is 8.25. The molecule has 0 aliphatic carbocycles. The third kappa shape index (κ3) is 6.54. The maximum absolute atomic E-state index is 12.9. The van der Waals surface area contributed by atoms with Crippen LogP contribution in [0.1, 0.15) is 41.6 Å². The summed E-state index contributed by atoms with van der Waals surface area (Å²) >= 11 is 1.58. The molecule has 2 N–H and O–H groups in total. The van der Waals surface area contributed by atoms with E-state index in [4.69, 9.17) is 0 Å². The van der Waals surface area contributed by atoms with E-state index in [1.807, 2.05) is 46.4 Å². The van der Waals surface area contributed by atoms with Crippen molar-refractivity contribution in [2.24, 2.45) is 0 Å². The predicted octanol–water partition coefficient (Wildman–Crippen LogP) is 6.17. The number of benzene rings is 2. The molecule has 5 rings (SSSR count). The van der Waals surface area contributed by atoms with Gasteiger partial charge in [0.1, 0.15) is 0 Å². The van der Waals surface area contributed by atoms with Crippen LogP contribution in [-0.2, 0) is 6.18 Å². The van der Waals surface area contributed by atoms with Crippen molar-refractivity contribution in [1.82, 2.24) is 19.6 Å². The van der Waals surface area contributed by atoms with Crippen LogP contribution in [0.4, 0.5) is 18.9 Å². The first kappa shape index (κ1) is 26.2. The summed E-state index contributed by atoms with van der Waals surface area (Å²) in [5.74, 6) is -0.0798. The van der Waals surface area contributed by atoms with Gasteiger partial charge in [-0.15, -0.1) is 11.3 Å². The predicted molar refractivity (Wildman–Crippen MR) is 145 cm³/mol. The van der Waals surface area contributed by atoms with E-state index in [0.717, 1.165) is 67.6 Å². The highest BCUT2D eigenvalue weighted by atomic mass is 32.1. The number of unbranched alkanes of at least 4 members (excludes halogenated alkanes) is 1. The van der Waals surface area contributed by atoms with Crippen molar-refractivity contribution in [3.63, 3.8) is 0 Å². The average Bonchev–Trinajstić information content (AvgIpc) is 3.52. The standard InChI is InChI=1S/C28H30F3N5OS/c29-28(30,31)22-4-3-5-24(18-22)33-23-10-14-35(15-11-23)13-2-1-12-32-26(37)21-8-6-20(7-9-21)25-19-36-16-17-38-27(36)34-25/h3-9,16-19,23,33H,1-2,10-15H2,(H,32,37). The van der Waals surface area contributed by atoms with Gasteiger partial charge in [-0.3, -0.25) is 9.20 Å². The van der Waals surface area contributed by atoms with Gasteiger partial charge in [0.2, 0.25) is 0 Å². The number of carbonyl (C=O) groups excluding carboxylic acids is 1. The van der Waals surface area contributed by atoms with E-state index in [0.29, 0.717) is 17.8 Å². The Balaban J connectivity index is 0.982. The molecule has 1 aliphatic heterocycles. The van der Waals surface area contributed by atoms with Crippen molar-refractivity contribution in [2.75, 3.05) is 31.5 Å². The second-order valence-corrected chi connectivity index (χ2v) is 10.5. The third-order valence-electron chi connectivity index (χ3n) is 6.87. The number of amides is 1. The minimum Gasteiger partial charge on any atom is -0.382 e. The number of thiazole rings is 1. The van der Waals surface area contributed by atoms with Crippen molar-refractivity contribution in [2.45, 2.75) is 37.9 Å². The summed E-state index contributed by atoms with van der Waals surface area (Å²) in [6.07, 6.45) is 3.27. The van der Waals surface area contributed by atoms with Crippen LogP contribution < -0.4 is 10.6 Å². The minimum absolute atomic E-state index is 0.0798. The molecule has 0 saturated carbocycles. The second-order valence-electron chi connectivity index (χ2n) is 9.60. The number of likely N-dealkylation sites (tertiary alicyclic amines) is 1. The fraction of sp³-hybridized carbons (Fsp3) is 0.357. The fourth-order valence-corrected chi connectivity index (χ4v) is 5.45. The average molecular weight is 542 g/mol. The quantitative estimate of drug-likeness (QED) is 0.249. The molecule has 1 amide bonds. The smallest absolute Gasteiger partial charge is 0.382 e. The SMILES string of the molecule is O=C(NCCCCN1CCC(Nc2cccc(C(F)(F)F)c2)CC1)c1ccc(-c2cn3ccsc3n2)cc1. The first-order valence-corrected chi connectivity index (χ1v) is 13.7. The number of fused-ring (bicyclic) bond motifs is 1. The molecule has 1 aliphatic rings. The number of imidazole rings is 1. The Morgan fingerprint density at radius 2 is 1.87 bits per heavy atom. The highest BCUT2D eigenvalue weighted by Gasteiger charge is 2.30. The van der Waals surface area contributed by atoms with Gasteiger partial charge in [0.25, 0.3) is 5.91 Å². The first-order chi connectivity index (χ1) is 18.3. The molecule has 1 saturated heterocycles. The highest BCUT2D eigenvalue weighted by molar-refractivity contribution is 7.15. The Bertz CT molecular complexity index is 1330. The molecular weight excluding hydrogens is 511 g/mol. The van der Waals surface area contributed by atoms with Crippen LogP contribution >= 0.6 is 11.3 Å². The molecule has 4 aromatic rings. The Morgan fingerprint density at radius 3 is 2.61 bits per heavy atom. The van der Waals surface area contributed by atoms with Gasteiger partial charge in [0.05, 0.1) is 11.3 Å². The Kier molecular flexibility index (Phi) is 7.99. The Hall–Kier alpha value is -3.37. The topological polar surface area (TPSA) is 61.7 Å². The normalized spacial score (nSPS) is 15.1. The van der Waals surface area contributed by atoms with Crippen molar-refractivity contribution < 1.29 is 18.0 Å². The number of halogens is 3. The molecular formula is C28H30F3N5OS. The highest BCUT2D eigenvalue weighted by Crippen LogP contribution is 2.31. The van der Waals surface area contributed by atoms with Gasteiger partial charge in [-0.05, 0) is 62.6 Å². The zero-order valence-electron chi connectivity index (χ0n) is 20.9. The Labute approximate surface area is 223 Å². The lowest BCUT2D eigenvalue weighted by Gasteiger charge is -2.33. The second kappa shape index (κ2) is 11.6. The van der Waals surface area contributed by atoms with Crippen LogP contribution in [-0.4, -0.2) is 52.4 Å². The molecule has 3 heterocycles. The Morgan fingerprint density at radius 1 is 1.08 bits per heavy atom. The van der Waals surface area contributed by atoms with E-state index in [1.165, 1.54) is 12.1 Å². The molecule has 2 aromatic carbocycles. The number of alkyl halides is 3. The van der Waals surface area contributed by atoms with Crippen LogP contribution in [0, 0.1) is 0 Å². The lowest BCUT2D eigenvalue weighted by Crippen LogP contribution is -2.39. The van der Waals surface area contributed by atoms with Gasteiger partial charge in [-0.2, -0.15) is 13.2 Å². The van der Waals surface area contributed by atoms with Crippen molar-refractivity contribution >= 4 is 27.9 Å². The molecule has 0 spiro atoms. The molecule has 2 aromatic heterocycles. The van der Waals surface area contributed by atoms with Crippen LogP contribution in [0.15, 0.2) is 66.3 Å². The van der Waals surface area contributed by atoms with E-state index in [1.54, 1.807) is 17.4 Å². The van der Waals surface area contributed by atoms with Crippen molar-refractivity contribution in [3.8, 4) is 11.3 Å². The number of hydrogen-bond acceptors (Lipinski definition) is 5. The lowest BCUT2D eigenvalue weighted by molar-refractivity contribution is -0.137. The van der Waals surface area contributed by atoms with Gasteiger partial charge < -0.3 is 15.5 Å². The lowest BCUT2D eigenvalue weighted by atomic mass is 10.0. The summed E-state index contributed by atoms with van der Waals surface area (Å²) in [6, 6.07) is 13.1. The van der Waals surface area contributed by atoms with Gasteiger partial charge in [0.15, 0.2) is 4.96 Å². The van der Waals surface area contributed by atoms with Crippen molar-refractivity contribution in [1.29, 1.82) is 0 Å². The van der Waals surface area contributed by atoms with Crippen LogP contribution in [0.3, 0.4) is 0 Å². The minimum atomic E-state index is -4.33. The number of anilines is 1. The van der Waals surface area contributed by atoms with E-state index in [9.17, 15) is 18.0 Å². The van der Waals surface area contributed by atoms with Gasteiger partial charge in [0, 0.05) is 60.3 Å². The molecule has 0 unspecified atom stereocenters. The fourth-order valence-electron chi connectivity index (χ4n) is 4.75. The van der Waals surface area contributed by atoms with E-state index in [2.05, 4.69) is 20.5 Å². The summed E-state index contributed by atoms with van der Waals surface area (Å²) in [4.78, 5) is 20.4. The third-order valence-corrected chi connectivity index (χ3v) is 7.64. The number of rotatable bonds is 9. The molecule has 0 bridgehead atoms. The maximum atomic E-state index is 12.9. The number of aromatic nitrogens is 2. The number of carbonyl (C=O) groups is 1. The summed E-state index contributed by atoms with van der Waals surface area (Å²) < 4.78 is 40.8. The van der Waals surface area contributed by atoms with E-state index >= 15 is 0 Å². The van der Waals surface area contributed by atoms with Crippen LogP contribution in [0.2, 0.25) is 0 Å². The van der Waals surface area contributed by atoms with Crippen LogP contribution in [0.25, 0.3) is 16.2 Å². The molecule has 38 heavy (non-hydrogen) atoms. The summed E-state index contributed by atoms with van der Waals surface area (Å²) in [5.41, 5.74) is 2.39. The zero-order valence-corrected chi connectivity index (χ0v) is 21.7. The maximum Gasteiger partial charge on any atom is 0.416 e. The van der Waals surface area contributed by atoms with Gasteiger partial charge in [-0.1, -0.05) is 18.2 Å². The molecule has 1 fully saturated rings. The molecule has 0 atom stereocenters. The first-order valence-electron chi connectivity index (χ1n) is 12.8. The number of hydrogen-bond donors (Lipinski definition) is 2. The number of piperidine rings is 1. The number of nitrogens with zero attached hydrogens (tertiary/aromatic N) is 3. The number of nitrogens with one attached hydrogen (secondary N) is 2. The summed E-state index contributed by atoms with van der Waals surface area (Å²) in [6.45, 7) is 3.38.